The normalized spacial score (nSPS) is 9.96. The third kappa shape index (κ3) is 5.17. The average molecular weight is 348 g/mol. The summed E-state index contributed by atoms with van der Waals surface area (Å²) in [5.74, 6) is 0.211. The van der Waals surface area contributed by atoms with E-state index in [0.717, 1.165) is 5.69 Å². The zero-order valence-corrected chi connectivity index (χ0v) is 14.1. The fraction of sp³-hybridized carbons (Fsp3) is 0.176. The van der Waals surface area contributed by atoms with E-state index in [2.05, 4.69) is 16.0 Å². The number of nitrogens with one attached hydrogen (secondary N) is 3. The largest absolute Gasteiger partial charge is 0.495 e. The number of carbonyl (C=O) groups excluding carboxylic acids is 2. The fourth-order valence-electron chi connectivity index (χ4n) is 2.01. The first kappa shape index (κ1) is 17.6. The first-order chi connectivity index (χ1) is 11.5. The minimum atomic E-state index is -0.206. The second-order valence-electron chi connectivity index (χ2n) is 5.01. The van der Waals surface area contributed by atoms with E-state index in [4.69, 9.17) is 16.3 Å². The first-order valence-corrected chi connectivity index (χ1v) is 7.60. The highest BCUT2D eigenvalue weighted by Gasteiger charge is 2.06. The van der Waals surface area contributed by atoms with Crippen molar-refractivity contribution in [2.24, 2.45) is 0 Å². The molecule has 0 spiro atoms. The van der Waals surface area contributed by atoms with Gasteiger partial charge in [0.05, 0.1) is 18.7 Å². The summed E-state index contributed by atoms with van der Waals surface area (Å²) >= 11 is 6.01. The highest BCUT2D eigenvalue weighted by molar-refractivity contribution is 6.32. The van der Waals surface area contributed by atoms with Crippen LogP contribution < -0.4 is 20.7 Å². The molecule has 0 aliphatic rings. The second kappa shape index (κ2) is 8.21. The van der Waals surface area contributed by atoms with E-state index < -0.39 is 0 Å². The van der Waals surface area contributed by atoms with Crippen LogP contribution in [-0.4, -0.2) is 25.5 Å². The van der Waals surface area contributed by atoms with Gasteiger partial charge in [-0.2, -0.15) is 0 Å². The third-order valence-electron chi connectivity index (χ3n) is 3.09. The maximum absolute atomic E-state index is 12.0. The highest BCUT2D eigenvalue weighted by Crippen LogP contribution is 2.27. The summed E-state index contributed by atoms with van der Waals surface area (Å²) in [4.78, 5) is 22.9. The molecule has 2 aromatic carbocycles. The van der Waals surface area contributed by atoms with Crippen molar-refractivity contribution in [3.8, 4) is 5.75 Å². The van der Waals surface area contributed by atoms with Crippen molar-refractivity contribution in [3.63, 3.8) is 0 Å². The van der Waals surface area contributed by atoms with E-state index in [1.54, 1.807) is 42.5 Å². The van der Waals surface area contributed by atoms with Crippen LogP contribution in [-0.2, 0) is 9.59 Å². The van der Waals surface area contributed by atoms with Crippen LogP contribution in [0.5, 0.6) is 5.75 Å². The van der Waals surface area contributed by atoms with Gasteiger partial charge in [0.1, 0.15) is 5.75 Å². The Morgan fingerprint density at radius 3 is 2.21 bits per heavy atom. The molecule has 0 aliphatic heterocycles. The molecule has 7 heteroatoms. The molecule has 2 aromatic rings. The van der Waals surface area contributed by atoms with Gasteiger partial charge < -0.3 is 20.7 Å². The minimum absolute atomic E-state index is 0.100. The summed E-state index contributed by atoms with van der Waals surface area (Å²) < 4.78 is 5.06. The average Bonchev–Trinajstić information content (AvgIpc) is 2.54. The number of benzene rings is 2. The molecule has 6 nitrogen and oxygen atoms in total. The molecule has 0 atom stereocenters. The summed E-state index contributed by atoms with van der Waals surface area (Å²) in [5.41, 5.74) is 2.06. The van der Waals surface area contributed by atoms with Gasteiger partial charge in [0.15, 0.2) is 0 Å². The molecule has 0 unspecified atom stereocenters. The van der Waals surface area contributed by atoms with Gasteiger partial charge in [0.25, 0.3) is 0 Å². The topological polar surface area (TPSA) is 79.5 Å². The molecule has 0 bridgehead atoms. The van der Waals surface area contributed by atoms with Gasteiger partial charge in [0, 0.05) is 24.0 Å². The SMILES string of the molecule is COc1ccc(NC(=O)CNc2ccc(NC(C)=O)cc2)cc1Cl. The number of hydrogen-bond donors (Lipinski definition) is 3. The summed E-state index contributed by atoms with van der Waals surface area (Å²) in [6, 6.07) is 12.1. The van der Waals surface area contributed by atoms with Crippen LogP contribution in [0.15, 0.2) is 42.5 Å². The van der Waals surface area contributed by atoms with Crippen LogP contribution in [0.25, 0.3) is 0 Å². The van der Waals surface area contributed by atoms with Crippen molar-refractivity contribution < 1.29 is 14.3 Å². The van der Waals surface area contributed by atoms with Crippen LogP contribution >= 0.6 is 11.6 Å². The number of rotatable bonds is 6. The molecule has 0 saturated heterocycles. The predicted molar refractivity (Wildman–Crippen MR) is 95.9 cm³/mol. The predicted octanol–water partition coefficient (Wildman–Crippen LogP) is 3.36. The van der Waals surface area contributed by atoms with E-state index in [9.17, 15) is 9.59 Å². The molecule has 2 amide bonds. The molecule has 2 rings (SSSR count). The summed E-state index contributed by atoms with van der Waals surface area (Å²) in [5, 5.41) is 8.85. The molecular weight excluding hydrogens is 330 g/mol. The fourth-order valence-corrected chi connectivity index (χ4v) is 2.26. The van der Waals surface area contributed by atoms with Crippen LogP contribution in [0, 0.1) is 0 Å². The lowest BCUT2D eigenvalue weighted by Gasteiger charge is -2.10. The molecule has 126 valence electrons. The number of ether oxygens (including phenoxy) is 1. The molecule has 3 N–H and O–H groups in total. The Kier molecular flexibility index (Phi) is 6.03. The zero-order chi connectivity index (χ0) is 17.5. The van der Waals surface area contributed by atoms with Gasteiger partial charge in [0.2, 0.25) is 11.8 Å². The summed E-state index contributed by atoms with van der Waals surface area (Å²) in [6.07, 6.45) is 0. The maximum Gasteiger partial charge on any atom is 0.243 e. The zero-order valence-electron chi connectivity index (χ0n) is 13.4. The van der Waals surface area contributed by atoms with Crippen LogP contribution in [0.1, 0.15) is 6.92 Å². The van der Waals surface area contributed by atoms with Gasteiger partial charge in [-0.15, -0.1) is 0 Å². The molecular formula is C17H18ClN3O3. The van der Waals surface area contributed by atoms with Crippen molar-refractivity contribution in [2.75, 3.05) is 29.6 Å². The number of hydrogen-bond acceptors (Lipinski definition) is 4. The van der Waals surface area contributed by atoms with E-state index in [0.29, 0.717) is 22.1 Å². The Morgan fingerprint density at radius 1 is 1.00 bits per heavy atom. The van der Waals surface area contributed by atoms with Crippen LogP contribution in [0.3, 0.4) is 0 Å². The third-order valence-corrected chi connectivity index (χ3v) is 3.39. The minimum Gasteiger partial charge on any atom is -0.495 e. The molecule has 0 saturated carbocycles. The van der Waals surface area contributed by atoms with Crippen molar-refractivity contribution in [1.82, 2.24) is 0 Å². The Bertz CT molecular complexity index is 732. The van der Waals surface area contributed by atoms with Crippen molar-refractivity contribution in [1.29, 1.82) is 0 Å². The Balaban J connectivity index is 1.86. The standard InChI is InChI=1S/C17H18ClN3O3/c1-11(22)20-13-5-3-12(4-6-13)19-10-17(23)21-14-7-8-16(24-2)15(18)9-14/h3-9,19H,10H2,1-2H3,(H,20,22)(H,21,23). The van der Waals surface area contributed by atoms with Gasteiger partial charge in [-0.1, -0.05) is 11.6 Å². The Morgan fingerprint density at radius 2 is 1.62 bits per heavy atom. The highest BCUT2D eigenvalue weighted by atomic mass is 35.5. The van der Waals surface area contributed by atoms with E-state index in [1.165, 1.54) is 14.0 Å². The molecule has 0 aromatic heterocycles. The summed E-state index contributed by atoms with van der Waals surface area (Å²) in [7, 11) is 1.53. The van der Waals surface area contributed by atoms with Crippen molar-refractivity contribution >= 4 is 40.5 Å². The van der Waals surface area contributed by atoms with Gasteiger partial charge in [-0.05, 0) is 42.5 Å². The summed E-state index contributed by atoms with van der Waals surface area (Å²) in [6.45, 7) is 1.55. The maximum atomic E-state index is 12.0. The van der Waals surface area contributed by atoms with Crippen LogP contribution in [0.4, 0.5) is 17.1 Å². The lowest BCUT2D eigenvalue weighted by Crippen LogP contribution is -2.21. The smallest absolute Gasteiger partial charge is 0.243 e. The number of amides is 2. The lowest BCUT2D eigenvalue weighted by atomic mass is 10.2. The number of methoxy groups -OCH3 is 1. The van der Waals surface area contributed by atoms with E-state index in [-0.39, 0.29) is 18.4 Å². The Hall–Kier alpha value is -2.73. The van der Waals surface area contributed by atoms with Gasteiger partial charge in [-0.3, -0.25) is 9.59 Å². The van der Waals surface area contributed by atoms with E-state index in [1.807, 2.05) is 0 Å². The molecule has 0 aliphatic carbocycles. The molecule has 24 heavy (non-hydrogen) atoms. The quantitative estimate of drug-likeness (QED) is 0.748. The number of anilines is 3. The van der Waals surface area contributed by atoms with Crippen LogP contribution in [0.2, 0.25) is 5.02 Å². The van der Waals surface area contributed by atoms with Gasteiger partial charge in [-0.25, -0.2) is 0 Å². The number of halogens is 1. The molecule has 0 radical (unpaired) electrons. The molecule has 0 fully saturated rings. The van der Waals surface area contributed by atoms with E-state index >= 15 is 0 Å². The molecule has 0 heterocycles. The van der Waals surface area contributed by atoms with Crippen molar-refractivity contribution in [3.05, 3.63) is 47.5 Å². The van der Waals surface area contributed by atoms with Gasteiger partial charge >= 0.3 is 0 Å². The monoisotopic (exact) mass is 347 g/mol. The van der Waals surface area contributed by atoms with Crippen molar-refractivity contribution in [2.45, 2.75) is 6.92 Å². The first-order valence-electron chi connectivity index (χ1n) is 7.23. The Labute approximate surface area is 145 Å². The lowest BCUT2D eigenvalue weighted by molar-refractivity contribution is -0.115. The number of carbonyl (C=O) groups is 2. The second-order valence-corrected chi connectivity index (χ2v) is 5.42.